The van der Waals surface area contributed by atoms with Crippen LogP contribution in [-0.4, -0.2) is 36.2 Å². The highest BCUT2D eigenvalue weighted by atomic mass is 16.5. The van der Waals surface area contributed by atoms with Gasteiger partial charge in [-0.05, 0) is 13.3 Å². The zero-order valence-electron chi connectivity index (χ0n) is 10.2. The highest BCUT2D eigenvalue weighted by Crippen LogP contribution is 2.16. The van der Waals surface area contributed by atoms with Crippen molar-refractivity contribution in [3.63, 3.8) is 0 Å². The van der Waals surface area contributed by atoms with Crippen LogP contribution in [0.25, 0.3) is 0 Å². The van der Waals surface area contributed by atoms with Gasteiger partial charge in [-0.25, -0.2) is 9.97 Å². The minimum atomic E-state index is 0.244. The average Bonchev–Trinajstić information content (AvgIpc) is 2.34. The number of ether oxygens (including phenoxy) is 1. The molecule has 0 aromatic carbocycles. The Morgan fingerprint density at radius 3 is 2.88 bits per heavy atom. The van der Waals surface area contributed by atoms with Crippen molar-refractivity contribution in [2.75, 3.05) is 25.1 Å². The maximum Gasteiger partial charge on any atom is 0.218 e. The van der Waals surface area contributed by atoms with Gasteiger partial charge in [-0.15, -0.1) is 0 Å². The monoisotopic (exact) mass is 224 g/mol. The summed E-state index contributed by atoms with van der Waals surface area (Å²) in [7, 11) is 1.96. The van der Waals surface area contributed by atoms with E-state index in [1.165, 1.54) is 6.33 Å². The number of anilines is 1. The van der Waals surface area contributed by atoms with Gasteiger partial charge in [-0.2, -0.15) is 0 Å². The van der Waals surface area contributed by atoms with Gasteiger partial charge < -0.3 is 15.4 Å². The summed E-state index contributed by atoms with van der Waals surface area (Å²) in [6.45, 7) is 5.37. The zero-order chi connectivity index (χ0) is 12.0. The molecule has 0 fully saturated rings. The van der Waals surface area contributed by atoms with Crippen LogP contribution in [-0.2, 0) is 0 Å². The molecule has 0 radical (unpaired) electrons. The summed E-state index contributed by atoms with van der Waals surface area (Å²) in [6.07, 6.45) is 2.48. The van der Waals surface area contributed by atoms with Crippen LogP contribution in [0.1, 0.15) is 20.3 Å². The Labute approximate surface area is 96.6 Å². The second kappa shape index (κ2) is 6.27. The molecule has 0 amide bonds. The van der Waals surface area contributed by atoms with Gasteiger partial charge in [-0.3, -0.25) is 0 Å². The quantitative estimate of drug-likeness (QED) is 0.782. The van der Waals surface area contributed by atoms with Gasteiger partial charge in [0.05, 0.1) is 6.61 Å². The first-order valence-electron chi connectivity index (χ1n) is 5.56. The van der Waals surface area contributed by atoms with E-state index in [4.69, 9.17) is 10.5 Å². The van der Waals surface area contributed by atoms with Crippen LogP contribution >= 0.6 is 0 Å². The molecule has 1 rings (SSSR count). The maximum absolute atomic E-state index is 5.61. The first-order chi connectivity index (χ1) is 7.69. The minimum absolute atomic E-state index is 0.244. The molecule has 0 spiro atoms. The molecule has 0 saturated carbocycles. The van der Waals surface area contributed by atoms with E-state index in [1.54, 1.807) is 0 Å². The van der Waals surface area contributed by atoms with Crippen molar-refractivity contribution in [2.45, 2.75) is 26.3 Å². The summed E-state index contributed by atoms with van der Waals surface area (Å²) in [5.41, 5.74) is 5.61. The average molecular weight is 224 g/mol. The first kappa shape index (κ1) is 12.7. The number of rotatable bonds is 6. The van der Waals surface area contributed by atoms with Crippen molar-refractivity contribution < 1.29 is 4.74 Å². The molecule has 1 atom stereocenters. The van der Waals surface area contributed by atoms with E-state index in [0.717, 1.165) is 12.2 Å². The van der Waals surface area contributed by atoms with Gasteiger partial charge in [0.25, 0.3) is 0 Å². The van der Waals surface area contributed by atoms with E-state index >= 15 is 0 Å². The Kier molecular flexibility index (Phi) is 4.98. The van der Waals surface area contributed by atoms with Crippen LogP contribution in [0.2, 0.25) is 0 Å². The Bertz CT molecular complexity index is 319. The van der Waals surface area contributed by atoms with E-state index < -0.39 is 0 Å². The van der Waals surface area contributed by atoms with E-state index in [0.29, 0.717) is 19.0 Å². The SMILES string of the molecule is CCCOc1cc(N(C)C(C)CN)ncn1. The van der Waals surface area contributed by atoms with Crippen molar-refractivity contribution in [1.82, 2.24) is 9.97 Å². The molecule has 0 aliphatic rings. The molecule has 0 aliphatic heterocycles. The smallest absolute Gasteiger partial charge is 0.218 e. The molecule has 1 heterocycles. The summed E-state index contributed by atoms with van der Waals surface area (Å²) in [4.78, 5) is 10.3. The fourth-order valence-electron chi connectivity index (χ4n) is 1.19. The van der Waals surface area contributed by atoms with Gasteiger partial charge in [0.15, 0.2) is 0 Å². The van der Waals surface area contributed by atoms with Crippen molar-refractivity contribution in [1.29, 1.82) is 0 Å². The van der Waals surface area contributed by atoms with Gasteiger partial charge >= 0.3 is 0 Å². The maximum atomic E-state index is 5.61. The molecule has 2 N–H and O–H groups in total. The molecule has 0 saturated heterocycles. The molecule has 5 heteroatoms. The van der Waals surface area contributed by atoms with E-state index in [1.807, 2.05) is 18.0 Å². The number of aromatic nitrogens is 2. The lowest BCUT2D eigenvalue weighted by Gasteiger charge is -2.24. The normalized spacial score (nSPS) is 12.2. The Balaban J connectivity index is 2.73. The van der Waals surface area contributed by atoms with E-state index in [9.17, 15) is 0 Å². The molecular weight excluding hydrogens is 204 g/mol. The Morgan fingerprint density at radius 1 is 1.50 bits per heavy atom. The molecule has 90 valence electrons. The number of hydrogen-bond donors (Lipinski definition) is 1. The summed E-state index contributed by atoms with van der Waals surface area (Å²) in [5.74, 6) is 1.45. The lowest BCUT2D eigenvalue weighted by molar-refractivity contribution is 0.304. The van der Waals surface area contributed by atoms with Gasteiger partial charge in [0.2, 0.25) is 5.88 Å². The largest absolute Gasteiger partial charge is 0.478 e. The first-order valence-corrected chi connectivity index (χ1v) is 5.56. The second-order valence-corrected chi connectivity index (χ2v) is 3.76. The molecule has 1 aromatic rings. The van der Waals surface area contributed by atoms with E-state index in [2.05, 4.69) is 23.8 Å². The van der Waals surface area contributed by atoms with Crippen molar-refractivity contribution >= 4 is 5.82 Å². The lowest BCUT2D eigenvalue weighted by atomic mass is 10.3. The molecule has 5 nitrogen and oxygen atoms in total. The van der Waals surface area contributed by atoms with Crippen LogP contribution in [0.5, 0.6) is 5.88 Å². The summed E-state index contributed by atoms with van der Waals surface area (Å²) < 4.78 is 5.45. The third-order valence-electron chi connectivity index (χ3n) is 2.45. The molecule has 1 aromatic heterocycles. The number of nitrogens with zero attached hydrogens (tertiary/aromatic N) is 3. The van der Waals surface area contributed by atoms with Gasteiger partial charge in [0, 0.05) is 25.7 Å². The summed E-state index contributed by atoms with van der Waals surface area (Å²) in [6, 6.07) is 2.08. The predicted molar refractivity (Wildman–Crippen MR) is 64.7 cm³/mol. The minimum Gasteiger partial charge on any atom is -0.478 e. The highest BCUT2D eigenvalue weighted by molar-refractivity contribution is 5.40. The van der Waals surface area contributed by atoms with Crippen LogP contribution in [0.3, 0.4) is 0 Å². The fourth-order valence-corrected chi connectivity index (χ4v) is 1.19. The lowest BCUT2D eigenvalue weighted by Crippen LogP contribution is -2.35. The van der Waals surface area contributed by atoms with Crippen molar-refractivity contribution in [3.8, 4) is 5.88 Å². The van der Waals surface area contributed by atoms with E-state index in [-0.39, 0.29) is 6.04 Å². The molecular formula is C11H20N4O. The van der Waals surface area contributed by atoms with Crippen LogP contribution in [0.15, 0.2) is 12.4 Å². The third kappa shape index (κ3) is 3.34. The zero-order valence-corrected chi connectivity index (χ0v) is 10.2. The Hall–Kier alpha value is -1.36. The summed E-state index contributed by atoms with van der Waals surface area (Å²) in [5, 5.41) is 0. The highest BCUT2D eigenvalue weighted by Gasteiger charge is 2.10. The number of hydrogen-bond acceptors (Lipinski definition) is 5. The summed E-state index contributed by atoms with van der Waals surface area (Å²) >= 11 is 0. The van der Waals surface area contributed by atoms with Gasteiger partial charge in [0.1, 0.15) is 12.1 Å². The van der Waals surface area contributed by atoms with Crippen molar-refractivity contribution in [2.24, 2.45) is 5.73 Å². The fraction of sp³-hybridized carbons (Fsp3) is 0.636. The number of likely N-dealkylation sites (N-methyl/N-ethyl adjacent to an activating group) is 1. The Morgan fingerprint density at radius 2 is 2.25 bits per heavy atom. The topological polar surface area (TPSA) is 64.3 Å². The second-order valence-electron chi connectivity index (χ2n) is 3.76. The molecule has 0 aliphatic carbocycles. The van der Waals surface area contributed by atoms with Crippen LogP contribution in [0, 0.1) is 0 Å². The van der Waals surface area contributed by atoms with Crippen LogP contribution in [0.4, 0.5) is 5.82 Å². The predicted octanol–water partition coefficient (Wildman–Crippen LogP) is 1.05. The molecule has 16 heavy (non-hydrogen) atoms. The standard InChI is InChI=1S/C11H20N4O/c1-4-5-16-11-6-10(13-8-14-11)15(3)9(2)7-12/h6,8-9H,4-5,7,12H2,1-3H3. The van der Waals surface area contributed by atoms with Gasteiger partial charge in [-0.1, -0.05) is 6.92 Å². The third-order valence-corrected chi connectivity index (χ3v) is 2.45. The molecule has 0 bridgehead atoms. The number of nitrogens with two attached hydrogens (primary N) is 1. The van der Waals surface area contributed by atoms with Crippen molar-refractivity contribution in [3.05, 3.63) is 12.4 Å². The van der Waals surface area contributed by atoms with Crippen LogP contribution < -0.4 is 15.4 Å². The molecule has 1 unspecified atom stereocenters.